The van der Waals surface area contributed by atoms with Crippen molar-refractivity contribution in [2.75, 3.05) is 19.8 Å². The van der Waals surface area contributed by atoms with E-state index < -0.39 is 15.8 Å². The molecule has 0 saturated heterocycles. The Morgan fingerprint density at radius 1 is 1.33 bits per heavy atom. The van der Waals surface area contributed by atoms with Gasteiger partial charge in [-0.1, -0.05) is 6.07 Å². The van der Waals surface area contributed by atoms with Crippen LogP contribution in [0.2, 0.25) is 0 Å². The molecule has 6 heteroatoms. The van der Waals surface area contributed by atoms with E-state index in [0.717, 1.165) is 4.31 Å². The third-order valence-electron chi connectivity index (χ3n) is 2.06. The topological polar surface area (TPSA) is 63.4 Å². The molecule has 0 amide bonds. The molecule has 2 N–H and O–H groups in total. The lowest BCUT2D eigenvalue weighted by molar-refractivity contribution is 0.507. The van der Waals surface area contributed by atoms with Crippen molar-refractivity contribution in [3.63, 3.8) is 0 Å². The summed E-state index contributed by atoms with van der Waals surface area (Å²) < 4.78 is 38.1. The van der Waals surface area contributed by atoms with Gasteiger partial charge in [-0.15, -0.1) is 0 Å². The standard InChI is InChI=1S/C9H13FN2O2S/c1-6-4-5-7(11)8(10)9(6)15(13,14)12(2)3/h4-5H,11H2,1-3H3. The second kappa shape index (κ2) is 3.79. The van der Waals surface area contributed by atoms with Crippen molar-refractivity contribution in [3.8, 4) is 0 Å². The molecule has 0 atom stereocenters. The van der Waals surface area contributed by atoms with Crippen LogP contribution >= 0.6 is 0 Å². The molecule has 0 aromatic heterocycles. The van der Waals surface area contributed by atoms with Crippen molar-refractivity contribution < 1.29 is 12.8 Å². The second-order valence-corrected chi connectivity index (χ2v) is 5.49. The molecule has 1 rings (SSSR count). The number of halogens is 1. The van der Waals surface area contributed by atoms with Crippen molar-refractivity contribution in [3.05, 3.63) is 23.5 Å². The van der Waals surface area contributed by atoms with Gasteiger partial charge in [-0.05, 0) is 18.6 Å². The first-order valence-electron chi connectivity index (χ1n) is 4.25. The molecule has 84 valence electrons. The Labute approximate surface area is 88.6 Å². The molecular formula is C9H13FN2O2S. The van der Waals surface area contributed by atoms with E-state index in [4.69, 9.17) is 5.73 Å². The summed E-state index contributed by atoms with van der Waals surface area (Å²) in [5.41, 5.74) is 5.51. The maximum Gasteiger partial charge on any atom is 0.245 e. The fourth-order valence-corrected chi connectivity index (χ4v) is 2.35. The van der Waals surface area contributed by atoms with Crippen LogP contribution in [-0.4, -0.2) is 26.8 Å². The molecule has 0 aliphatic heterocycles. The fourth-order valence-electron chi connectivity index (χ4n) is 1.17. The third-order valence-corrected chi connectivity index (χ3v) is 4.04. The van der Waals surface area contributed by atoms with Crippen molar-refractivity contribution in [2.45, 2.75) is 11.8 Å². The number of hydrogen-bond donors (Lipinski definition) is 1. The fraction of sp³-hybridized carbons (Fsp3) is 0.333. The average Bonchev–Trinajstić information content (AvgIpc) is 2.11. The first-order valence-corrected chi connectivity index (χ1v) is 5.69. The zero-order valence-corrected chi connectivity index (χ0v) is 9.60. The number of anilines is 1. The second-order valence-electron chi connectivity index (χ2n) is 3.40. The number of sulfonamides is 1. The van der Waals surface area contributed by atoms with E-state index in [1.54, 1.807) is 0 Å². The molecule has 0 bridgehead atoms. The molecule has 0 radical (unpaired) electrons. The van der Waals surface area contributed by atoms with E-state index in [1.165, 1.54) is 33.2 Å². The average molecular weight is 232 g/mol. The highest BCUT2D eigenvalue weighted by Gasteiger charge is 2.25. The Morgan fingerprint density at radius 2 is 1.87 bits per heavy atom. The van der Waals surface area contributed by atoms with Crippen LogP contribution in [0.3, 0.4) is 0 Å². The molecule has 0 unspecified atom stereocenters. The van der Waals surface area contributed by atoms with E-state index in [1.807, 2.05) is 0 Å². The van der Waals surface area contributed by atoms with E-state index in [-0.39, 0.29) is 10.6 Å². The molecule has 0 spiro atoms. The first kappa shape index (κ1) is 11.9. The summed E-state index contributed by atoms with van der Waals surface area (Å²) in [6.07, 6.45) is 0. The minimum absolute atomic E-state index is 0.166. The summed E-state index contributed by atoms with van der Waals surface area (Å²) in [5, 5.41) is 0. The summed E-state index contributed by atoms with van der Waals surface area (Å²) in [7, 11) is -1.09. The molecule has 1 aromatic carbocycles. The normalized spacial score (nSPS) is 12.1. The number of hydrogen-bond acceptors (Lipinski definition) is 3. The Morgan fingerprint density at radius 3 is 2.33 bits per heavy atom. The van der Waals surface area contributed by atoms with E-state index in [0.29, 0.717) is 5.56 Å². The third kappa shape index (κ3) is 1.95. The van der Waals surface area contributed by atoms with Crippen LogP contribution in [0.4, 0.5) is 10.1 Å². The highest BCUT2D eigenvalue weighted by Crippen LogP contribution is 2.25. The minimum Gasteiger partial charge on any atom is -0.396 e. The van der Waals surface area contributed by atoms with Gasteiger partial charge >= 0.3 is 0 Å². The van der Waals surface area contributed by atoms with E-state index in [2.05, 4.69) is 0 Å². The van der Waals surface area contributed by atoms with Crippen LogP contribution in [0.15, 0.2) is 17.0 Å². The Bertz CT molecular complexity index is 483. The summed E-state index contributed by atoms with van der Waals surface area (Å²) in [6.45, 7) is 1.53. The predicted molar refractivity (Wildman–Crippen MR) is 56.4 cm³/mol. The Hall–Kier alpha value is -1.14. The molecule has 0 heterocycles. The number of aryl methyl sites for hydroxylation is 1. The first-order chi connectivity index (χ1) is 6.78. The van der Waals surface area contributed by atoms with Gasteiger partial charge in [-0.2, -0.15) is 0 Å². The maximum absolute atomic E-state index is 13.6. The predicted octanol–water partition coefficient (Wildman–Crippen LogP) is 0.967. The van der Waals surface area contributed by atoms with Gasteiger partial charge in [0.05, 0.1) is 5.69 Å². The number of benzene rings is 1. The van der Waals surface area contributed by atoms with Gasteiger partial charge in [0.2, 0.25) is 10.0 Å². The lowest BCUT2D eigenvalue weighted by Gasteiger charge is -2.14. The van der Waals surface area contributed by atoms with Crippen molar-refractivity contribution >= 4 is 15.7 Å². The van der Waals surface area contributed by atoms with Crippen LogP contribution in [0, 0.1) is 12.7 Å². The van der Waals surface area contributed by atoms with Gasteiger partial charge < -0.3 is 5.73 Å². The Balaban J connectivity index is 3.58. The zero-order chi connectivity index (χ0) is 11.8. The highest BCUT2D eigenvalue weighted by molar-refractivity contribution is 7.89. The van der Waals surface area contributed by atoms with Gasteiger partial charge in [0.25, 0.3) is 0 Å². The summed E-state index contributed by atoms with van der Waals surface area (Å²) in [4.78, 5) is -0.354. The van der Waals surface area contributed by atoms with Gasteiger partial charge in [-0.25, -0.2) is 17.1 Å². The summed E-state index contributed by atoms with van der Waals surface area (Å²) >= 11 is 0. The van der Waals surface area contributed by atoms with Crippen molar-refractivity contribution in [2.24, 2.45) is 0 Å². The van der Waals surface area contributed by atoms with Crippen LogP contribution < -0.4 is 5.73 Å². The number of nitrogens with two attached hydrogens (primary N) is 1. The molecule has 0 saturated carbocycles. The molecule has 0 fully saturated rings. The molecular weight excluding hydrogens is 219 g/mol. The zero-order valence-electron chi connectivity index (χ0n) is 8.78. The smallest absolute Gasteiger partial charge is 0.245 e. The van der Waals surface area contributed by atoms with Crippen LogP contribution in [-0.2, 0) is 10.0 Å². The monoisotopic (exact) mass is 232 g/mol. The number of nitrogens with zero attached hydrogens (tertiary/aromatic N) is 1. The Kier molecular flexibility index (Phi) is 3.01. The van der Waals surface area contributed by atoms with E-state index in [9.17, 15) is 12.8 Å². The van der Waals surface area contributed by atoms with Gasteiger partial charge in [0.1, 0.15) is 4.90 Å². The number of nitrogen functional groups attached to an aromatic ring is 1. The molecule has 0 aliphatic rings. The summed E-state index contributed by atoms with van der Waals surface area (Å²) in [6, 6.07) is 2.83. The van der Waals surface area contributed by atoms with Gasteiger partial charge in [-0.3, -0.25) is 0 Å². The quantitative estimate of drug-likeness (QED) is 0.773. The van der Waals surface area contributed by atoms with Gasteiger partial charge in [0.15, 0.2) is 5.82 Å². The van der Waals surface area contributed by atoms with Gasteiger partial charge in [0, 0.05) is 14.1 Å². The molecule has 0 aliphatic carbocycles. The maximum atomic E-state index is 13.6. The van der Waals surface area contributed by atoms with E-state index >= 15 is 0 Å². The highest BCUT2D eigenvalue weighted by atomic mass is 32.2. The minimum atomic E-state index is -3.78. The molecule has 4 nitrogen and oxygen atoms in total. The van der Waals surface area contributed by atoms with Crippen LogP contribution in [0.25, 0.3) is 0 Å². The van der Waals surface area contributed by atoms with Crippen molar-refractivity contribution in [1.82, 2.24) is 4.31 Å². The van der Waals surface area contributed by atoms with Crippen LogP contribution in [0.5, 0.6) is 0 Å². The molecule has 15 heavy (non-hydrogen) atoms. The number of rotatable bonds is 2. The van der Waals surface area contributed by atoms with Crippen molar-refractivity contribution in [1.29, 1.82) is 0 Å². The summed E-state index contributed by atoms with van der Waals surface area (Å²) in [5.74, 6) is -0.885. The lowest BCUT2D eigenvalue weighted by atomic mass is 10.2. The SMILES string of the molecule is Cc1ccc(N)c(F)c1S(=O)(=O)N(C)C. The lowest BCUT2D eigenvalue weighted by Crippen LogP contribution is -2.24. The largest absolute Gasteiger partial charge is 0.396 e. The molecule has 1 aromatic rings. The van der Waals surface area contributed by atoms with Crippen LogP contribution in [0.1, 0.15) is 5.56 Å².